The lowest BCUT2D eigenvalue weighted by atomic mass is 10.2. The van der Waals surface area contributed by atoms with Crippen molar-refractivity contribution in [2.45, 2.75) is 0 Å². The second kappa shape index (κ2) is 5.55. The molecule has 0 aromatic heterocycles. The highest BCUT2D eigenvalue weighted by Crippen LogP contribution is 2.32. The summed E-state index contributed by atoms with van der Waals surface area (Å²) >= 11 is 5.73. The van der Waals surface area contributed by atoms with Gasteiger partial charge in [-0.3, -0.25) is 10.1 Å². The summed E-state index contributed by atoms with van der Waals surface area (Å²) in [7, 11) is 0. The van der Waals surface area contributed by atoms with Crippen LogP contribution in [0.15, 0.2) is 36.4 Å². The zero-order valence-corrected chi connectivity index (χ0v) is 10.6. The molecule has 2 rings (SSSR count). The van der Waals surface area contributed by atoms with E-state index in [1.807, 2.05) is 0 Å². The number of ether oxygens (including phenoxy) is 1. The smallest absolute Gasteiger partial charge is 0.288 e. The van der Waals surface area contributed by atoms with Crippen LogP contribution in [0, 0.1) is 27.3 Å². The van der Waals surface area contributed by atoms with Gasteiger partial charge in [0.2, 0.25) is 0 Å². The second-order valence-corrected chi connectivity index (χ2v) is 4.10. The summed E-state index contributed by atoms with van der Waals surface area (Å²) in [6.45, 7) is 0. The van der Waals surface area contributed by atoms with E-state index in [0.717, 1.165) is 6.07 Å². The van der Waals surface area contributed by atoms with E-state index in [4.69, 9.17) is 21.6 Å². The summed E-state index contributed by atoms with van der Waals surface area (Å²) in [5.74, 6) is -0.530. The van der Waals surface area contributed by atoms with Gasteiger partial charge in [0.15, 0.2) is 0 Å². The van der Waals surface area contributed by atoms with Crippen LogP contribution in [-0.2, 0) is 0 Å². The molecule has 0 amide bonds. The fourth-order valence-electron chi connectivity index (χ4n) is 1.52. The predicted molar refractivity (Wildman–Crippen MR) is 69.3 cm³/mol. The Labute approximate surface area is 117 Å². The van der Waals surface area contributed by atoms with Crippen molar-refractivity contribution in [3.63, 3.8) is 0 Å². The van der Waals surface area contributed by atoms with Gasteiger partial charge in [-0.25, -0.2) is 4.39 Å². The highest BCUT2D eigenvalue weighted by molar-refractivity contribution is 6.32. The van der Waals surface area contributed by atoms with Gasteiger partial charge >= 0.3 is 0 Å². The Hall–Kier alpha value is -2.65. The highest BCUT2D eigenvalue weighted by atomic mass is 35.5. The van der Waals surface area contributed by atoms with E-state index in [-0.39, 0.29) is 27.8 Å². The van der Waals surface area contributed by atoms with Crippen molar-refractivity contribution >= 4 is 17.3 Å². The first kappa shape index (κ1) is 13.8. The van der Waals surface area contributed by atoms with Crippen LogP contribution in [0.4, 0.5) is 10.1 Å². The molecule has 7 heteroatoms. The summed E-state index contributed by atoms with van der Waals surface area (Å²) in [6, 6.07) is 9.33. The Morgan fingerprint density at radius 1 is 1.35 bits per heavy atom. The third-order valence-corrected chi connectivity index (χ3v) is 2.73. The van der Waals surface area contributed by atoms with Crippen molar-refractivity contribution < 1.29 is 14.1 Å². The average Bonchev–Trinajstić information content (AvgIpc) is 2.38. The Morgan fingerprint density at radius 3 is 2.70 bits per heavy atom. The lowest BCUT2D eigenvalue weighted by Gasteiger charge is -2.08. The van der Waals surface area contributed by atoms with Crippen molar-refractivity contribution in [1.82, 2.24) is 0 Å². The molecule has 0 heterocycles. The number of benzene rings is 2. The highest BCUT2D eigenvalue weighted by Gasteiger charge is 2.14. The molecule has 0 saturated carbocycles. The maximum atomic E-state index is 13.4. The van der Waals surface area contributed by atoms with Crippen molar-refractivity contribution in [2.24, 2.45) is 0 Å². The lowest BCUT2D eigenvalue weighted by Crippen LogP contribution is -1.93. The first-order valence-electron chi connectivity index (χ1n) is 5.33. The van der Waals surface area contributed by atoms with Gasteiger partial charge in [0.05, 0.1) is 4.92 Å². The standard InChI is InChI=1S/C13H6ClFN2O3/c14-10-6-8(4-5-12(10)17(18)19)20-13-3-1-2-11(15)9(13)7-16/h1-6H. The third kappa shape index (κ3) is 2.68. The maximum absolute atomic E-state index is 13.4. The molecular weight excluding hydrogens is 287 g/mol. The molecule has 0 unspecified atom stereocenters. The first-order valence-corrected chi connectivity index (χ1v) is 5.71. The number of nitro benzene ring substituents is 1. The summed E-state index contributed by atoms with van der Waals surface area (Å²) in [4.78, 5) is 9.99. The Bertz CT molecular complexity index is 728. The molecule has 0 radical (unpaired) electrons. The number of halogens is 2. The van der Waals surface area contributed by atoms with Crippen molar-refractivity contribution in [1.29, 1.82) is 5.26 Å². The molecule has 0 fully saturated rings. The average molecular weight is 293 g/mol. The van der Waals surface area contributed by atoms with Crippen LogP contribution in [-0.4, -0.2) is 4.92 Å². The molecule has 0 atom stereocenters. The molecule has 2 aromatic carbocycles. The van der Waals surface area contributed by atoms with E-state index in [1.165, 1.54) is 30.3 Å². The van der Waals surface area contributed by atoms with Crippen LogP contribution in [0.3, 0.4) is 0 Å². The van der Waals surface area contributed by atoms with Crippen LogP contribution in [0.2, 0.25) is 5.02 Å². The van der Waals surface area contributed by atoms with E-state index in [2.05, 4.69) is 0 Å². The zero-order valence-electron chi connectivity index (χ0n) is 9.84. The maximum Gasteiger partial charge on any atom is 0.288 e. The Morgan fingerprint density at radius 2 is 2.10 bits per heavy atom. The van der Waals surface area contributed by atoms with Crippen LogP contribution < -0.4 is 4.74 Å². The third-order valence-electron chi connectivity index (χ3n) is 2.43. The van der Waals surface area contributed by atoms with Gasteiger partial charge in [-0.1, -0.05) is 17.7 Å². The van der Waals surface area contributed by atoms with Gasteiger partial charge in [-0.2, -0.15) is 5.26 Å². The van der Waals surface area contributed by atoms with Gasteiger partial charge in [-0.15, -0.1) is 0 Å². The number of hydrogen-bond acceptors (Lipinski definition) is 4. The van der Waals surface area contributed by atoms with E-state index >= 15 is 0 Å². The number of nitriles is 1. The molecule has 0 spiro atoms. The monoisotopic (exact) mass is 292 g/mol. The van der Waals surface area contributed by atoms with Crippen LogP contribution in [0.5, 0.6) is 11.5 Å². The number of nitro groups is 1. The van der Waals surface area contributed by atoms with Crippen LogP contribution in [0.1, 0.15) is 5.56 Å². The molecule has 5 nitrogen and oxygen atoms in total. The fraction of sp³-hybridized carbons (Fsp3) is 0. The molecule has 0 N–H and O–H groups in total. The minimum atomic E-state index is -0.710. The quantitative estimate of drug-likeness (QED) is 0.631. The van der Waals surface area contributed by atoms with Crippen molar-refractivity contribution in [3.8, 4) is 17.6 Å². The Balaban J connectivity index is 2.37. The molecule has 0 aliphatic rings. The van der Waals surface area contributed by atoms with E-state index in [0.29, 0.717) is 0 Å². The minimum absolute atomic E-state index is 0.0115. The largest absolute Gasteiger partial charge is 0.456 e. The molecular formula is C13H6ClFN2O3. The summed E-state index contributed by atoms with van der Waals surface area (Å²) < 4.78 is 18.7. The Kier molecular flexibility index (Phi) is 3.82. The number of nitrogens with zero attached hydrogens (tertiary/aromatic N) is 2. The summed E-state index contributed by atoms with van der Waals surface area (Å²) in [5, 5.41) is 19.4. The van der Waals surface area contributed by atoms with Gasteiger partial charge in [0.1, 0.15) is 34.0 Å². The van der Waals surface area contributed by atoms with Crippen molar-refractivity contribution in [2.75, 3.05) is 0 Å². The molecule has 0 aliphatic carbocycles. The lowest BCUT2D eigenvalue weighted by molar-refractivity contribution is -0.384. The van der Waals surface area contributed by atoms with Crippen molar-refractivity contribution in [3.05, 3.63) is 62.9 Å². The topological polar surface area (TPSA) is 76.2 Å². The molecule has 0 bridgehead atoms. The molecule has 0 saturated heterocycles. The predicted octanol–water partition coefficient (Wildman–Crippen LogP) is 4.05. The number of hydrogen-bond donors (Lipinski definition) is 0. The van der Waals surface area contributed by atoms with E-state index in [1.54, 1.807) is 6.07 Å². The van der Waals surface area contributed by atoms with Gasteiger partial charge in [0.25, 0.3) is 5.69 Å². The fourth-order valence-corrected chi connectivity index (χ4v) is 1.76. The normalized spacial score (nSPS) is 9.85. The zero-order chi connectivity index (χ0) is 14.7. The van der Waals surface area contributed by atoms with E-state index < -0.39 is 10.7 Å². The first-order chi connectivity index (χ1) is 9.52. The SMILES string of the molecule is N#Cc1c(F)cccc1Oc1ccc([N+](=O)[O-])c(Cl)c1. The van der Waals surface area contributed by atoms with Gasteiger partial charge < -0.3 is 4.74 Å². The molecule has 20 heavy (non-hydrogen) atoms. The van der Waals surface area contributed by atoms with Crippen LogP contribution >= 0.6 is 11.6 Å². The molecule has 2 aromatic rings. The van der Waals surface area contributed by atoms with Crippen LogP contribution in [0.25, 0.3) is 0 Å². The second-order valence-electron chi connectivity index (χ2n) is 3.70. The van der Waals surface area contributed by atoms with E-state index in [9.17, 15) is 14.5 Å². The minimum Gasteiger partial charge on any atom is -0.456 e. The van der Waals surface area contributed by atoms with Gasteiger partial charge in [-0.05, 0) is 18.2 Å². The number of rotatable bonds is 3. The molecule has 0 aliphatic heterocycles. The molecule has 100 valence electrons. The summed E-state index contributed by atoms with van der Waals surface area (Å²) in [6.07, 6.45) is 0. The summed E-state index contributed by atoms with van der Waals surface area (Å²) in [5.41, 5.74) is -0.513. The van der Waals surface area contributed by atoms with Gasteiger partial charge in [0, 0.05) is 12.1 Å².